The normalized spacial score (nSPS) is 13.2. The summed E-state index contributed by atoms with van der Waals surface area (Å²) in [6.07, 6.45) is 2.68. The summed E-state index contributed by atoms with van der Waals surface area (Å²) in [5.41, 5.74) is 3.09. The van der Waals surface area contributed by atoms with Gasteiger partial charge in [-0.2, -0.15) is 0 Å². The molecule has 0 amide bonds. The first-order valence-corrected chi connectivity index (χ1v) is 7.17. The predicted molar refractivity (Wildman–Crippen MR) is 83.4 cm³/mol. The molecule has 22 heavy (non-hydrogen) atoms. The highest BCUT2D eigenvalue weighted by Crippen LogP contribution is 2.29. The number of nitrogens with zero attached hydrogens (tertiary/aromatic N) is 2. The first-order valence-electron chi connectivity index (χ1n) is 7.17. The molecule has 1 aromatic heterocycles. The van der Waals surface area contributed by atoms with Gasteiger partial charge in [-0.25, -0.2) is 0 Å². The summed E-state index contributed by atoms with van der Waals surface area (Å²) in [4.78, 5) is 0. The molecule has 2 aromatic carbocycles. The van der Waals surface area contributed by atoms with Gasteiger partial charge in [0, 0.05) is 5.56 Å². The Labute approximate surface area is 128 Å². The molecule has 4 heteroatoms. The zero-order chi connectivity index (χ0) is 14.8. The lowest BCUT2D eigenvalue weighted by Gasteiger charge is -2.15. The molecule has 0 saturated carbocycles. The molecule has 3 aromatic rings. The summed E-state index contributed by atoms with van der Waals surface area (Å²) in [6, 6.07) is 18.0. The van der Waals surface area contributed by atoms with Crippen LogP contribution in [0.1, 0.15) is 22.9 Å². The molecule has 0 fully saturated rings. The van der Waals surface area contributed by atoms with Crippen LogP contribution in [-0.2, 0) is 6.42 Å². The number of rotatable bonds is 3. The van der Waals surface area contributed by atoms with Gasteiger partial charge >= 0.3 is 0 Å². The van der Waals surface area contributed by atoms with Crippen molar-refractivity contribution in [3.8, 4) is 5.75 Å². The molecule has 0 radical (unpaired) electrons. The first-order chi connectivity index (χ1) is 10.9. The van der Waals surface area contributed by atoms with Gasteiger partial charge in [-0.3, -0.25) is 0 Å². The number of benzene rings is 2. The summed E-state index contributed by atoms with van der Waals surface area (Å²) in [5.74, 6) is 2.02. The molecule has 4 rings (SSSR count). The lowest BCUT2D eigenvalue weighted by Crippen LogP contribution is -2.06. The average Bonchev–Trinajstić information content (AvgIpc) is 3.04. The lowest BCUT2D eigenvalue weighted by atomic mass is 10.1. The Morgan fingerprint density at radius 3 is 2.64 bits per heavy atom. The minimum absolute atomic E-state index is 0.448. The smallest absolute Gasteiger partial charge is 0.247 e. The van der Waals surface area contributed by atoms with E-state index in [9.17, 15) is 0 Å². The van der Waals surface area contributed by atoms with Crippen molar-refractivity contribution in [1.29, 1.82) is 0 Å². The van der Waals surface area contributed by atoms with Crippen LogP contribution in [-0.4, -0.2) is 16.8 Å². The zero-order valence-corrected chi connectivity index (χ0v) is 11.9. The third-order valence-electron chi connectivity index (χ3n) is 3.57. The largest absolute Gasteiger partial charge is 0.488 e. The minimum Gasteiger partial charge on any atom is -0.488 e. The van der Waals surface area contributed by atoms with Crippen molar-refractivity contribution in [1.82, 2.24) is 10.2 Å². The second-order valence-corrected chi connectivity index (χ2v) is 5.16. The van der Waals surface area contributed by atoms with E-state index >= 15 is 0 Å². The van der Waals surface area contributed by atoms with Gasteiger partial charge in [-0.15, -0.1) is 10.2 Å². The van der Waals surface area contributed by atoms with E-state index in [0.29, 0.717) is 24.8 Å². The fourth-order valence-electron chi connectivity index (χ4n) is 2.46. The van der Waals surface area contributed by atoms with Crippen molar-refractivity contribution in [2.24, 2.45) is 0 Å². The number of ether oxygens (including phenoxy) is 1. The van der Waals surface area contributed by atoms with Gasteiger partial charge in [0.25, 0.3) is 0 Å². The van der Waals surface area contributed by atoms with Gasteiger partial charge in [0.15, 0.2) is 0 Å². The van der Waals surface area contributed by atoms with E-state index in [4.69, 9.17) is 9.15 Å². The zero-order valence-electron chi connectivity index (χ0n) is 11.9. The Morgan fingerprint density at radius 1 is 0.909 bits per heavy atom. The number of hydrogen-bond donors (Lipinski definition) is 0. The maximum Gasteiger partial charge on any atom is 0.247 e. The Hall–Kier alpha value is -2.88. The minimum atomic E-state index is 0.448. The van der Waals surface area contributed by atoms with E-state index in [0.717, 1.165) is 22.4 Å². The van der Waals surface area contributed by atoms with E-state index in [1.54, 1.807) is 0 Å². The quantitative estimate of drug-likeness (QED) is 0.739. The van der Waals surface area contributed by atoms with Crippen LogP contribution in [0.4, 0.5) is 0 Å². The van der Waals surface area contributed by atoms with E-state index < -0.39 is 0 Å². The Morgan fingerprint density at radius 2 is 1.73 bits per heavy atom. The molecule has 0 unspecified atom stereocenters. The molecule has 0 bridgehead atoms. The van der Waals surface area contributed by atoms with Crippen LogP contribution < -0.4 is 4.74 Å². The second-order valence-electron chi connectivity index (χ2n) is 5.16. The maximum atomic E-state index is 5.77. The third-order valence-corrected chi connectivity index (χ3v) is 3.57. The van der Waals surface area contributed by atoms with Crippen LogP contribution in [0.3, 0.4) is 0 Å². The highest BCUT2D eigenvalue weighted by Gasteiger charge is 2.17. The molecular weight excluding hydrogens is 276 g/mol. The molecule has 1 aliphatic rings. The second kappa shape index (κ2) is 5.48. The average molecular weight is 290 g/mol. The number of para-hydroxylation sites is 1. The fraction of sp³-hybridized carbons (Fsp3) is 0.111. The van der Waals surface area contributed by atoms with Crippen LogP contribution in [0, 0.1) is 0 Å². The Bertz CT molecular complexity index is 822. The van der Waals surface area contributed by atoms with Crippen molar-refractivity contribution in [2.45, 2.75) is 6.42 Å². The van der Waals surface area contributed by atoms with Gasteiger partial charge in [0.2, 0.25) is 11.8 Å². The molecule has 0 saturated heterocycles. The monoisotopic (exact) mass is 290 g/mol. The van der Waals surface area contributed by atoms with E-state index in [2.05, 4.69) is 10.2 Å². The summed E-state index contributed by atoms with van der Waals surface area (Å²) in [5, 5.41) is 8.27. The molecule has 0 atom stereocenters. The topological polar surface area (TPSA) is 48.2 Å². The fourth-order valence-corrected chi connectivity index (χ4v) is 2.46. The SMILES string of the molecule is C1=C(c2nnc(Cc3ccccc3)o2)COc2ccccc21. The summed E-state index contributed by atoms with van der Waals surface area (Å²) in [6.45, 7) is 0.448. The van der Waals surface area contributed by atoms with Gasteiger partial charge in [0.1, 0.15) is 12.4 Å². The summed E-state index contributed by atoms with van der Waals surface area (Å²) >= 11 is 0. The van der Waals surface area contributed by atoms with E-state index in [-0.39, 0.29) is 0 Å². The van der Waals surface area contributed by atoms with Gasteiger partial charge in [0.05, 0.1) is 12.0 Å². The molecule has 2 heterocycles. The van der Waals surface area contributed by atoms with Crippen molar-refractivity contribution in [2.75, 3.05) is 6.61 Å². The predicted octanol–water partition coefficient (Wildman–Crippen LogP) is 3.59. The van der Waals surface area contributed by atoms with Crippen molar-refractivity contribution >= 4 is 11.6 Å². The molecule has 1 aliphatic heterocycles. The van der Waals surface area contributed by atoms with E-state index in [1.165, 1.54) is 0 Å². The maximum absolute atomic E-state index is 5.77. The van der Waals surface area contributed by atoms with Crippen molar-refractivity contribution in [3.05, 3.63) is 77.5 Å². The summed E-state index contributed by atoms with van der Waals surface area (Å²) < 4.78 is 11.5. The van der Waals surface area contributed by atoms with Crippen molar-refractivity contribution in [3.63, 3.8) is 0 Å². The standard InChI is InChI=1S/C18H14N2O2/c1-2-6-13(7-3-1)10-17-19-20-18(22-17)15-11-14-8-4-5-9-16(14)21-12-15/h1-9,11H,10,12H2. The molecule has 0 N–H and O–H groups in total. The van der Waals surface area contributed by atoms with Crippen LogP contribution in [0.2, 0.25) is 0 Å². The van der Waals surface area contributed by atoms with E-state index in [1.807, 2.05) is 60.7 Å². The van der Waals surface area contributed by atoms with Gasteiger partial charge in [-0.05, 0) is 17.7 Å². The highest BCUT2D eigenvalue weighted by atomic mass is 16.5. The molecular formula is C18H14N2O2. The molecule has 108 valence electrons. The molecule has 4 nitrogen and oxygen atoms in total. The number of hydrogen-bond acceptors (Lipinski definition) is 4. The van der Waals surface area contributed by atoms with Crippen LogP contribution in [0.5, 0.6) is 5.75 Å². The summed E-state index contributed by atoms with van der Waals surface area (Å²) in [7, 11) is 0. The van der Waals surface area contributed by atoms with Crippen LogP contribution in [0.15, 0.2) is 59.0 Å². The number of aromatic nitrogens is 2. The van der Waals surface area contributed by atoms with Crippen LogP contribution in [0.25, 0.3) is 11.6 Å². The van der Waals surface area contributed by atoms with Gasteiger partial charge in [-0.1, -0.05) is 48.5 Å². The number of fused-ring (bicyclic) bond motifs is 1. The third kappa shape index (κ3) is 2.51. The Kier molecular flexibility index (Phi) is 3.20. The first kappa shape index (κ1) is 12.8. The van der Waals surface area contributed by atoms with Crippen molar-refractivity contribution < 1.29 is 9.15 Å². The lowest BCUT2D eigenvalue weighted by molar-refractivity contribution is 0.359. The Balaban J connectivity index is 1.59. The van der Waals surface area contributed by atoms with Crippen LogP contribution >= 0.6 is 0 Å². The highest BCUT2D eigenvalue weighted by molar-refractivity contribution is 5.82. The molecule has 0 aliphatic carbocycles. The molecule has 0 spiro atoms. The van der Waals surface area contributed by atoms with Gasteiger partial charge < -0.3 is 9.15 Å².